The van der Waals surface area contributed by atoms with Gasteiger partial charge in [0.15, 0.2) is 0 Å². The Hall–Kier alpha value is -2.45. The van der Waals surface area contributed by atoms with Gasteiger partial charge in [0.05, 0.1) is 17.1 Å². The second-order valence-electron chi connectivity index (χ2n) is 6.04. The van der Waals surface area contributed by atoms with Crippen molar-refractivity contribution in [3.05, 3.63) is 48.3 Å². The van der Waals surface area contributed by atoms with Crippen LogP contribution < -0.4 is 9.62 Å². The highest BCUT2D eigenvalue weighted by molar-refractivity contribution is 7.89. The summed E-state index contributed by atoms with van der Waals surface area (Å²) in [4.78, 5) is 2.25. The van der Waals surface area contributed by atoms with Gasteiger partial charge in [-0.2, -0.15) is 0 Å². The molecule has 3 rings (SSSR count). The number of nitrogens with one attached hydrogen (secondary N) is 1. The maximum Gasteiger partial charge on any atom is 0.241 e. The Balaban J connectivity index is 1.88. The molecule has 0 bridgehead atoms. The molecule has 3 aromatic rings. The van der Waals surface area contributed by atoms with Crippen molar-refractivity contribution in [3.8, 4) is 0 Å². The van der Waals surface area contributed by atoms with E-state index in [1.165, 1.54) is 0 Å². The lowest BCUT2D eigenvalue weighted by atomic mass is 10.1. The molecule has 0 aliphatic carbocycles. The molecule has 0 atom stereocenters. The van der Waals surface area contributed by atoms with Gasteiger partial charge in [-0.3, -0.25) is 4.68 Å². The molecule has 0 spiro atoms. The third kappa shape index (κ3) is 3.64. The van der Waals surface area contributed by atoms with Crippen LogP contribution >= 0.6 is 0 Å². The average molecular weight is 359 g/mol. The molecule has 0 aliphatic rings. The Morgan fingerprint density at radius 2 is 1.84 bits per heavy atom. The Bertz CT molecular complexity index is 995. The molecule has 1 aromatic heterocycles. The van der Waals surface area contributed by atoms with Gasteiger partial charge in [0.2, 0.25) is 10.0 Å². The fraction of sp³-hybridized carbons (Fsp3) is 0.294. The van der Waals surface area contributed by atoms with Gasteiger partial charge in [0.25, 0.3) is 0 Å². The summed E-state index contributed by atoms with van der Waals surface area (Å²) in [6.45, 7) is 2.51. The fourth-order valence-corrected chi connectivity index (χ4v) is 4.01. The van der Waals surface area contributed by atoms with Gasteiger partial charge < -0.3 is 4.90 Å². The summed E-state index contributed by atoms with van der Waals surface area (Å²) in [5.74, 6) is 0. The van der Waals surface area contributed by atoms with E-state index in [0.29, 0.717) is 11.9 Å². The van der Waals surface area contributed by atoms with Crippen LogP contribution in [0.1, 0.15) is 5.69 Å². The highest BCUT2D eigenvalue weighted by Gasteiger charge is 2.18. The SMILES string of the molecule is Cc1cn(CCNS(=O)(=O)c2cccc3c(N(C)C)cccc23)nn1. The van der Waals surface area contributed by atoms with Crippen molar-refractivity contribution >= 4 is 26.5 Å². The molecule has 8 heteroatoms. The molecular formula is C17H21N5O2S. The van der Waals surface area contributed by atoms with Crippen LogP contribution in [0.5, 0.6) is 0 Å². The zero-order valence-corrected chi connectivity index (χ0v) is 15.3. The van der Waals surface area contributed by atoms with Crippen LogP contribution in [-0.2, 0) is 16.6 Å². The lowest BCUT2D eigenvalue weighted by Gasteiger charge is -2.17. The third-order valence-electron chi connectivity index (χ3n) is 3.92. The number of fused-ring (bicyclic) bond motifs is 1. The van der Waals surface area contributed by atoms with E-state index in [1.54, 1.807) is 23.0 Å². The molecular weight excluding hydrogens is 338 g/mol. The molecule has 1 heterocycles. The van der Waals surface area contributed by atoms with Crippen LogP contribution in [0.3, 0.4) is 0 Å². The first-order valence-corrected chi connectivity index (χ1v) is 9.42. The maximum atomic E-state index is 12.8. The zero-order valence-electron chi connectivity index (χ0n) is 14.5. The third-order valence-corrected chi connectivity index (χ3v) is 5.44. The summed E-state index contributed by atoms with van der Waals surface area (Å²) in [6.07, 6.45) is 1.77. The van der Waals surface area contributed by atoms with Crippen molar-refractivity contribution < 1.29 is 8.42 Å². The monoisotopic (exact) mass is 359 g/mol. The highest BCUT2D eigenvalue weighted by atomic mass is 32.2. The van der Waals surface area contributed by atoms with Crippen LogP contribution in [-0.4, -0.2) is 44.1 Å². The van der Waals surface area contributed by atoms with Crippen molar-refractivity contribution in [2.75, 3.05) is 25.5 Å². The van der Waals surface area contributed by atoms with E-state index in [4.69, 9.17) is 0 Å². The van der Waals surface area contributed by atoms with Crippen LogP contribution in [0.2, 0.25) is 0 Å². The molecule has 0 saturated carbocycles. The number of aryl methyl sites for hydroxylation is 1. The van der Waals surface area contributed by atoms with Crippen LogP contribution in [0.15, 0.2) is 47.5 Å². The fourth-order valence-electron chi connectivity index (χ4n) is 2.77. The van der Waals surface area contributed by atoms with Gasteiger partial charge in [0, 0.05) is 43.3 Å². The molecule has 25 heavy (non-hydrogen) atoms. The molecule has 0 amide bonds. The predicted molar refractivity (Wildman–Crippen MR) is 98.2 cm³/mol. The predicted octanol–water partition coefficient (Wildman–Crippen LogP) is 1.78. The standard InChI is InChI=1S/C17H21N5O2S/c1-13-12-22(20-19-13)11-10-18-25(23,24)17-9-5-6-14-15(17)7-4-8-16(14)21(2)3/h4-9,12,18H,10-11H2,1-3H3. The summed E-state index contributed by atoms with van der Waals surface area (Å²) < 4.78 is 29.8. The summed E-state index contributed by atoms with van der Waals surface area (Å²) in [5.41, 5.74) is 1.78. The number of hydrogen-bond acceptors (Lipinski definition) is 5. The molecule has 0 unspecified atom stereocenters. The summed E-state index contributed by atoms with van der Waals surface area (Å²) in [5, 5.41) is 9.41. The quantitative estimate of drug-likeness (QED) is 0.726. The lowest BCUT2D eigenvalue weighted by Crippen LogP contribution is -2.27. The zero-order chi connectivity index (χ0) is 18.0. The molecule has 0 saturated heterocycles. The van der Waals surface area contributed by atoms with E-state index in [2.05, 4.69) is 15.0 Å². The van der Waals surface area contributed by atoms with E-state index < -0.39 is 10.0 Å². The Labute approximate surface area is 147 Å². The van der Waals surface area contributed by atoms with E-state index in [9.17, 15) is 8.42 Å². The van der Waals surface area contributed by atoms with E-state index >= 15 is 0 Å². The minimum absolute atomic E-state index is 0.245. The molecule has 0 fully saturated rings. The Morgan fingerprint density at radius 3 is 2.52 bits per heavy atom. The van der Waals surface area contributed by atoms with Gasteiger partial charge in [-0.25, -0.2) is 13.1 Å². The largest absolute Gasteiger partial charge is 0.377 e. The first-order chi connectivity index (χ1) is 11.9. The Kier molecular flexibility index (Phi) is 4.73. The summed E-state index contributed by atoms with van der Waals surface area (Å²) in [7, 11) is 0.255. The first-order valence-electron chi connectivity index (χ1n) is 7.94. The smallest absolute Gasteiger partial charge is 0.241 e. The number of rotatable bonds is 6. The lowest BCUT2D eigenvalue weighted by molar-refractivity contribution is 0.553. The number of hydrogen-bond donors (Lipinski definition) is 1. The van der Waals surface area contributed by atoms with E-state index in [-0.39, 0.29) is 11.4 Å². The van der Waals surface area contributed by atoms with Gasteiger partial charge in [-0.15, -0.1) is 5.10 Å². The molecule has 132 valence electrons. The normalized spacial score (nSPS) is 11.8. The molecule has 7 nitrogen and oxygen atoms in total. The number of nitrogens with zero attached hydrogens (tertiary/aromatic N) is 4. The van der Waals surface area contributed by atoms with Gasteiger partial charge in [-0.05, 0) is 19.1 Å². The number of aromatic nitrogens is 3. The summed E-state index contributed by atoms with van der Waals surface area (Å²) >= 11 is 0. The van der Waals surface area contributed by atoms with Crippen molar-refractivity contribution in [1.82, 2.24) is 19.7 Å². The maximum absolute atomic E-state index is 12.8. The van der Waals surface area contributed by atoms with E-state index in [1.807, 2.05) is 50.2 Å². The molecule has 0 aliphatic heterocycles. The van der Waals surface area contributed by atoms with Crippen LogP contribution in [0.4, 0.5) is 5.69 Å². The Morgan fingerprint density at radius 1 is 1.12 bits per heavy atom. The minimum Gasteiger partial charge on any atom is -0.377 e. The highest BCUT2D eigenvalue weighted by Crippen LogP contribution is 2.29. The van der Waals surface area contributed by atoms with Crippen LogP contribution in [0.25, 0.3) is 10.8 Å². The topological polar surface area (TPSA) is 80.1 Å². The van der Waals surface area contributed by atoms with Gasteiger partial charge in [-0.1, -0.05) is 29.5 Å². The molecule has 0 radical (unpaired) electrons. The van der Waals surface area contributed by atoms with Crippen LogP contribution in [0, 0.1) is 6.92 Å². The number of anilines is 1. The molecule has 1 N–H and O–H groups in total. The van der Waals surface area contributed by atoms with Crippen molar-refractivity contribution in [1.29, 1.82) is 0 Å². The molecule has 2 aromatic carbocycles. The number of benzene rings is 2. The van der Waals surface area contributed by atoms with Gasteiger partial charge >= 0.3 is 0 Å². The number of sulfonamides is 1. The minimum atomic E-state index is -3.62. The van der Waals surface area contributed by atoms with Crippen molar-refractivity contribution in [3.63, 3.8) is 0 Å². The summed E-state index contributed by atoms with van der Waals surface area (Å²) in [6, 6.07) is 11.0. The second-order valence-corrected chi connectivity index (χ2v) is 7.78. The second kappa shape index (κ2) is 6.81. The average Bonchev–Trinajstić information content (AvgIpc) is 2.98. The van der Waals surface area contributed by atoms with Crippen molar-refractivity contribution in [2.45, 2.75) is 18.4 Å². The van der Waals surface area contributed by atoms with E-state index in [0.717, 1.165) is 16.8 Å². The van der Waals surface area contributed by atoms with Crippen molar-refractivity contribution in [2.24, 2.45) is 0 Å². The first kappa shape index (κ1) is 17.4. The van der Waals surface area contributed by atoms with Gasteiger partial charge in [0.1, 0.15) is 0 Å².